The number of hydrogen-bond acceptors (Lipinski definition) is 5. The third-order valence-corrected chi connectivity index (χ3v) is 7.83. The van der Waals surface area contributed by atoms with Gasteiger partial charge < -0.3 is 14.8 Å². The SMILES string of the molecule is COc1ccc(-c2cc([C@H]3CN4CC[C@H]3C[C@@H]4CNC(=O)c3ccc(C(F)(F)F)cc3)n(C)n2)cc1OC. The van der Waals surface area contributed by atoms with Gasteiger partial charge in [-0.3, -0.25) is 14.4 Å². The number of nitrogens with zero attached hydrogens (tertiary/aromatic N) is 3. The standard InChI is InChI=1S/C28H31F3N4O3/c1-34-24(14-23(33-34)19-6-9-25(37-2)26(13-19)38-3)22-16-35-11-10-18(22)12-21(35)15-32-27(36)17-4-7-20(8-5-17)28(29,30)31/h4-9,13-14,18,21-22H,10-12,15-16H2,1-3H3,(H,32,36)/t18-,21+,22-/m0/s1. The Balaban J connectivity index is 1.23. The number of piperidine rings is 3. The third-order valence-electron chi connectivity index (χ3n) is 7.83. The van der Waals surface area contributed by atoms with Crippen LogP contribution in [-0.4, -0.2) is 60.5 Å². The number of ether oxygens (including phenoxy) is 2. The summed E-state index contributed by atoms with van der Waals surface area (Å²) in [7, 11) is 5.19. The van der Waals surface area contributed by atoms with E-state index in [2.05, 4.69) is 16.3 Å². The summed E-state index contributed by atoms with van der Waals surface area (Å²) >= 11 is 0. The van der Waals surface area contributed by atoms with Gasteiger partial charge in [0.25, 0.3) is 5.91 Å². The molecular formula is C28H31F3N4O3. The average Bonchev–Trinajstić information content (AvgIpc) is 3.32. The predicted molar refractivity (Wildman–Crippen MR) is 136 cm³/mol. The Bertz CT molecular complexity index is 1310. The molecule has 38 heavy (non-hydrogen) atoms. The lowest BCUT2D eigenvalue weighted by Gasteiger charge is -2.50. The van der Waals surface area contributed by atoms with E-state index in [4.69, 9.17) is 14.6 Å². The van der Waals surface area contributed by atoms with Crippen LogP contribution in [-0.2, 0) is 13.2 Å². The highest BCUT2D eigenvalue weighted by Gasteiger charge is 2.42. The molecule has 0 spiro atoms. The molecule has 6 rings (SSSR count). The average molecular weight is 529 g/mol. The molecule has 1 unspecified atom stereocenters. The van der Waals surface area contributed by atoms with Gasteiger partial charge >= 0.3 is 6.18 Å². The fourth-order valence-electron chi connectivity index (χ4n) is 5.77. The minimum Gasteiger partial charge on any atom is -0.493 e. The molecule has 1 amide bonds. The van der Waals surface area contributed by atoms with Gasteiger partial charge in [-0.15, -0.1) is 0 Å². The maximum atomic E-state index is 12.8. The molecule has 0 aliphatic carbocycles. The van der Waals surface area contributed by atoms with Gasteiger partial charge in [-0.1, -0.05) is 0 Å². The van der Waals surface area contributed by atoms with Crippen LogP contribution in [0, 0.1) is 5.92 Å². The second-order valence-corrected chi connectivity index (χ2v) is 9.97. The first-order valence-corrected chi connectivity index (χ1v) is 12.6. The minimum absolute atomic E-state index is 0.196. The van der Waals surface area contributed by atoms with E-state index < -0.39 is 11.7 Å². The number of rotatable bonds is 7. The molecule has 4 heterocycles. The van der Waals surface area contributed by atoms with Crippen molar-refractivity contribution in [3.63, 3.8) is 0 Å². The van der Waals surface area contributed by atoms with Gasteiger partial charge in [0.2, 0.25) is 0 Å². The first-order valence-electron chi connectivity index (χ1n) is 12.6. The summed E-state index contributed by atoms with van der Waals surface area (Å²) in [6.07, 6.45) is -2.41. The van der Waals surface area contributed by atoms with Gasteiger partial charge in [-0.05, 0) is 73.8 Å². The number of aromatic nitrogens is 2. The zero-order valence-electron chi connectivity index (χ0n) is 21.6. The number of amides is 1. The molecule has 1 aromatic heterocycles. The van der Waals surface area contributed by atoms with Crippen LogP contribution in [0.2, 0.25) is 0 Å². The van der Waals surface area contributed by atoms with Crippen molar-refractivity contribution < 1.29 is 27.4 Å². The van der Waals surface area contributed by atoms with Crippen molar-refractivity contribution in [2.45, 2.75) is 31.0 Å². The maximum Gasteiger partial charge on any atom is 0.416 e. The summed E-state index contributed by atoms with van der Waals surface area (Å²) in [4.78, 5) is 15.0. The number of halogens is 3. The largest absolute Gasteiger partial charge is 0.493 e. The first kappa shape index (κ1) is 26.1. The quantitative estimate of drug-likeness (QED) is 0.480. The Morgan fingerprint density at radius 2 is 1.82 bits per heavy atom. The lowest BCUT2D eigenvalue weighted by Crippen LogP contribution is -2.56. The van der Waals surface area contributed by atoms with Crippen molar-refractivity contribution >= 4 is 5.91 Å². The molecule has 0 saturated carbocycles. The van der Waals surface area contributed by atoms with Crippen LogP contribution in [0.1, 0.15) is 40.4 Å². The molecule has 1 N–H and O–H groups in total. The summed E-state index contributed by atoms with van der Waals surface area (Å²) in [5, 5.41) is 7.70. The Hall–Kier alpha value is -3.53. The van der Waals surface area contributed by atoms with Crippen LogP contribution in [0.3, 0.4) is 0 Å². The zero-order chi connectivity index (χ0) is 27.0. The Morgan fingerprint density at radius 3 is 2.45 bits per heavy atom. The normalized spacial score (nSPS) is 22.8. The zero-order valence-corrected chi connectivity index (χ0v) is 21.6. The molecule has 3 saturated heterocycles. The number of fused-ring (bicyclic) bond motifs is 3. The number of hydrogen-bond donors (Lipinski definition) is 1. The highest BCUT2D eigenvalue weighted by atomic mass is 19.4. The molecule has 10 heteroatoms. The van der Waals surface area contributed by atoms with E-state index in [1.54, 1.807) is 14.2 Å². The van der Waals surface area contributed by atoms with Crippen LogP contribution in [0.5, 0.6) is 11.5 Å². The Kier molecular flexibility index (Phi) is 7.09. The van der Waals surface area contributed by atoms with Gasteiger partial charge in [0.15, 0.2) is 11.5 Å². The van der Waals surface area contributed by atoms with E-state index in [1.807, 2.05) is 29.9 Å². The molecule has 2 aromatic carbocycles. The monoisotopic (exact) mass is 528 g/mol. The molecule has 3 fully saturated rings. The third kappa shape index (κ3) is 5.09. The minimum atomic E-state index is -4.42. The fourth-order valence-corrected chi connectivity index (χ4v) is 5.77. The number of nitrogens with one attached hydrogen (secondary N) is 1. The molecule has 202 valence electrons. The second kappa shape index (κ2) is 10.3. The topological polar surface area (TPSA) is 68.6 Å². The first-order chi connectivity index (χ1) is 18.2. The van der Waals surface area contributed by atoms with Crippen LogP contribution < -0.4 is 14.8 Å². The number of benzene rings is 2. The van der Waals surface area contributed by atoms with Crippen LogP contribution >= 0.6 is 0 Å². The summed E-state index contributed by atoms with van der Waals surface area (Å²) < 4.78 is 51.2. The molecule has 3 aliphatic heterocycles. The van der Waals surface area contributed by atoms with Crippen molar-refractivity contribution in [2.24, 2.45) is 13.0 Å². The highest BCUT2D eigenvalue weighted by Crippen LogP contribution is 2.42. The predicted octanol–water partition coefficient (Wildman–Crippen LogP) is 4.73. The molecule has 7 nitrogen and oxygen atoms in total. The molecule has 3 aliphatic rings. The van der Waals surface area contributed by atoms with Crippen LogP contribution in [0.25, 0.3) is 11.3 Å². The number of aryl methyl sites for hydroxylation is 1. The molecule has 3 aromatic rings. The smallest absolute Gasteiger partial charge is 0.416 e. The molecular weight excluding hydrogens is 497 g/mol. The van der Waals surface area contributed by atoms with Crippen molar-refractivity contribution in [2.75, 3.05) is 33.9 Å². The van der Waals surface area contributed by atoms with Crippen molar-refractivity contribution in [3.05, 3.63) is 65.4 Å². The number of carbonyl (C=O) groups is 1. The van der Waals surface area contributed by atoms with E-state index >= 15 is 0 Å². The van der Waals surface area contributed by atoms with Gasteiger partial charge in [-0.25, -0.2) is 0 Å². The summed E-state index contributed by atoms with van der Waals surface area (Å²) in [5.74, 6) is 1.75. The Labute approximate surface area is 219 Å². The van der Waals surface area contributed by atoms with E-state index in [0.29, 0.717) is 29.9 Å². The van der Waals surface area contributed by atoms with Crippen molar-refractivity contribution in [1.82, 2.24) is 20.0 Å². The van der Waals surface area contributed by atoms with E-state index in [0.717, 1.165) is 49.3 Å². The van der Waals surface area contributed by atoms with Crippen molar-refractivity contribution in [3.8, 4) is 22.8 Å². The second-order valence-electron chi connectivity index (χ2n) is 9.97. The van der Waals surface area contributed by atoms with Crippen molar-refractivity contribution in [1.29, 1.82) is 0 Å². The molecule has 4 atom stereocenters. The van der Waals surface area contributed by atoms with Crippen LogP contribution in [0.15, 0.2) is 48.5 Å². The summed E-state index contributed by atoms with van der Waals surface area (Å²) in [6, 6.07) is 12.4. The Morgan fingerprint density at radius 1 is 1.08 bits per heavy atom. The summed E-state index contributed by atoms with van der Waals surface area (Å²) in [5.41, 5.74) is 2.47. The number of alkyl halides is 3. The van der Waals surface area contributed by atoms with Crippen LogP contribution in [0.4, 0.5) is 13.2 Å². The van der Waals surface area contributed by atoms with Gasteiger partial charge in [0.05, 0.1) is 25.5 Å². The van der Waals surface area contributed by atoms with E-state index in [-0.39, 0.29) is 17.5 Å². The molecule has 0 radical (unpaired) electrons. The lowest BCUT2D eigenvalue weighted by atomic mass is 9.74. The summed E-state index contributed by atoms with van der Waals surface area (Å²) in [6.45, 7) is 2.30. The van der Waals surface area contributed by atoms with Gasteiger partial charge in [0, 0.05) is 48.9 Å². The molecule has 2 bridgehead atoms. The number of methoxy groups -OCH3 is 2. The lowest BCUT2D eigenvalue weighted by molar-refractivity contribution is -0.137. The van der Waals surface area contributed by atoms with E-state index in [9.17, 15) is 18.0 Å². The van der Waals surface area contributed by atoms with Gasteiger partial charge in [-0.2, -0.15) is 18.3 Å². The maximum absolute atomic E-state index is 12.8. The fraction of sp³-hybridized carbons (Fsp3) is 0.429. The highest BCUT2D eigenvalue weighted by molar-refractivity contribution is 5.94. The van der Waals surface area contributed by atoms with Gasteiger partial charge in [0.1, 0.15) is 0 Å². The number of carbonyl (C=O) groups excluding carboxylic acids is 1. The van der Waals surface area contributed by atoms with E-state index in [1.165, 1.54) is 17.8 Å².